The molecule has 38 heavy (non-hydrogen) atoms. The number of carbonyl (C=O) groups excluding carboxylic acids is 2. The van der Waals surface area contributed by atoms with Gasteiger partial charge in [0.1, 0.15) is 18.2 Å². The smallest absolute Gasteiger partial charge is 0.415 e. The van der Waals surface area contributed by atoms with E-state index in [9.17, 15) is 18.4 Å². The number of hydrogen-bond donors (Lipinski definition) is 1. The molecular weight excluding hydrogens is 488 g/mol. The van der Waals surface area contributed by atoms with Crippen molar-refractivity contribution < 1.29 is 27.6 Å². The molecule has 198 valence electrons. The van der Waals surface area contributed by atoms with E-state index < -0.39 is 11.9 Å². The summed E-state index contributed by atoms with van der Waals surface area (Å²) in [4.78, 5) is 27.3. The van der Waals surface area contributed by atoms with Crippen LogP contribution in [0.5, 0.6) is 0 Å². The highest BCUT2D eigenvalue weighted by molar-refractivity contribution is 5.90. The molecular formula is C30H32F2N3O3+. The number of fused-ring (bicyclic) bond motifs is 3. The Bertz CT molecular complexity index is 1260. The van der Waals surface area contributed by atoms with Gasteiger partial charge < -0.3 is 14.5 Å². The zero-order chi connectivity index (χ0) is 26.5. The van der Waals surface area contributed by atoms with E-state index in [1.807, 2.05) is 30.3 Å². The molecule has 1 unspecified atom stereocenters. The Kier molecular flexibility index (Phi) is 7.69. The first-order valence-electron chi connectivity index (χ1n) is 13.1. The predicted molar refractivity (Wildman–Crippen MR) is 141 cm³/mol. The molecule has 3 aliphatic heterocycles. The first-order chi connectivity index (χ1) is 18.4. The summed E-state index contributed by atoms with van der Waals surface area (Å²) in [6.45, 7) is 3.26. The molecule has 1 N–H and O–H groups in total. The molecule has 0 spiro atoms. The fourth-order valence-electron chi connectivity index (χ4n) is 5.64. The van der Waals surface area contributed by atoms with Gasteiger partial charge in [0.25, 0.3) is 0 Å². The SMILES string of the molecule is O=C(CC[N+]12CCC(CC1)C(OC(=O)N(Cc1ccc(F)cc1)c1ccccc1F)C2)Nc1ccccc1. The van der Waals surface area contributed by atoms with Crippen molar-refractivity contribution in [1.82, 2.24) is 0 Å². The van der Waals surface area contributed by atoms with Crippen molar-refractivity contribution in [3.05, 3.63) is 96.1 Å². The Morgan fingerprint density at radius 3 is 2.32 bits per heavy atom. The molecule has 2 bridgehead atoms. The highest BCUT2D eigenvalue weighted by Crippen LogP contribution is 2.36. The molecule has 6 rings (SSSR count). The Labute approximate surface area is 221 Å². The fourth-order valence-corrected chi connectivity index (χ4v) is 5.64. The molecule has 0 saturated carbocycles. The van der Waals surface area contributed by atoms with Crippen molar-refractivity contribution in [1.29, 1.82) is 0 Å². The lowest BCUT2D eigenvalue weighted by atomic mass is 9.83. The first kappa shape index (κ1) is 25.9. The zero-order valence-corrected chi connectivity index (χ0v) is 21.2. The number of amides is 2. The fraction of sp³-hybridized carbons (Fsp3) is 0.333. The number of hydrogen-bond acceptors (Lipinski definition) is 3. The van der Waals surface area contributed by atoms with Crippen molar-refractivity contribution in [2.45, 2.75) is 31.9 Å². The largest absolute Gasteiger partial charge is 0.440 e. The molecule has 0 aromatic heterocycles. The third kappa shape index (κ3) is 6.02. The molecule has 2 amide bonds. The number of anilines is 2. The molecule has 0 aliphatic carbocycles. The van der Waals surface area contributed by atoms with Gasteiger partial charge in [0.15, 0.2) is 6.10 Å². The minimum Gasteiger partial charge on any atom is -0.440 e. The summed E-state index contributed by atoms with van der Waals surface area (Å²) in [7, 11) is 0. The van der Waals surface area contributed by atoms with Crippen LogP contribution < -0.4 is 10.2 Å². The topological polar surface area (TPSA) is 58.6 Å². The van der Waals surface area contributed by atoms with Crippen LogP contribution in [0.25, 0.3) is 0 Å². The van der Waals surface area contributed by atoms with Gasteiger partial charge in [-0.25, -0.2) is 13.6 Å². The van der Waals surface area contributed by atoms with Gasteiger partial charge in [-0.05, 0) is 42.0 Å². The van der Waals surface area contributed by atoms with Gasteiger partial charge in [-0.3, -0.25) is 9.69 Å². The molecule has 0 radical (unpaired) electrons. The Morgan fingerprint density at radius 1 is 0.921 bits per heavy atom. The van der Waals surface area contributed by atoms with Crippen molar-refractivity contribution >= 4 is 23.4 Å². The van der Waals surface area contributed by atoms with Crippen LogP contribution in [0.15, 0.2) is 78.9 Å². The minimum atomic E-state index is -0.627. The standard InChI is InChI=1S/C30H31F2N3O3/c31-24-12-10-22(11-13-24)20-34(27-9-5-4-8-26(27)32)30(37)38-28-21-35(17-14-23(28)15-18-35)19-16-29(36)33-25-6-2-1-3-7-25/h1-13,23,28H,14-21H2/p+1. The number of halogens is 2. The molecule has 3 saturated heterocycles. The molecule has 3 heterocycles. The Morgan fingerprint density at radius 2 is 1.61 bits per heavy atom. The van der Waals surface area contributed by atoms with Crippen LogP contribution in [0.1, 0.15) is 24.8 Å². The van der Waals surface area contributed by atoms with E-state index in [2.05, 4.69) is 5.32 Å². The van der Waals surface area contributed by atoms with Gasteiger partial charge in [-0.1, -0.05) is 42.5 Å². The van der Waals surface area contributed by atoms with Crippen LogP contribution in [0.2, 0.25) is 0 Å². The van der Waals surface area contributed by atoms with Crippen molar-refractivity contribution in [2.24, 2.45) is 5.92 Å². The normalized spacial score (nSPS) is 22.1. The lowest BCUT2D eigenvalue weighted by molar-refractivity contribution is -0.945. The summed E-state index contributed by atoms with van der Waals surface area (Å²) in [5.74, 6) is -0.707. The van der Waals surface area contributed by atoms with Crippen molar-refractivity contribution in [3.63, 3.8) is 0 Å². The van der Waals surface area contributed by atoms with Crippen molar-refractivity contribution in [3.8, 4) is 0 Å². The average Bonchev–Trinajstić information content (AvgIpc) is 2.93. The quantitative estimate of drug-likeness (QED) is 0.385. The van der Waals surface area contributed by atoms with E-state index in [-0.39, 0.29) is 36.0 Å². The molecule has 6 nitrogen and oxygen atoms in total. The molecule has 3 aliphatic rings. The van der Waals surface area contributed by atoms with Gasteiger partial charge in [-0.15, -0.1) is 0 Å². The van der Waals surface area contributed by atoms with Crippen molar-refractivity contribution in [2.75, 3.05) is 36.4 Å². The van der Waals surface area contributed by atoms with E-state index in [4.69, 9.17) is 4.74 Å². The van der Waals surface area contributed by atoms with E-state index in [0.717, 1.165) is 36.1 Å². The van der Waals surface area contributed by atoms with Crippen LogP contribution in [-0.4, -0.2) is 48.8 Å². The van der Waals surface area contributed by atoms with E-state index >= 15 is 0 Å². The number of rotatable bonds is 8. The second-order valence-corrected chi connectivity index (χ2v) is 10.3. The summed E-state index contributed by atoms with van der Waals surface area (Å²) in [5.41, 5.74) is 1.55. The number of ether oxygens (including phenoxy) is 1. The number of quaternary nitrogens is 1. The van der Waals surface area contributed by atoms with Crippen LogP contribution >= 0.6 is 0 Å². The number of carbonyl (C=O) groups is 2. The summed E-state index contributed by atoms with van der Waals surface area (Å²) < 4.78 is 34.9. The predicted octanol–water partition coefficient (Wildman–Crippen LogP) is 5.75. The maximum atomic E-state index is 14.7. The number of para-hydroxylation sites is 2. The average molecular weight is 521 g/mol. The van der Waals surface area contributed by atoms with Gasteiger partial charge in [-0.2, -0.15) is 0 Å². The minimum absolute atomic E-state index is 0.0324. The Hall–Kier alpha value is -3.78. The summed E-state index contributed by atoms with van der Waals surface area (Å²) in [6.07, 6.45) is 1.26. The second kappa shape index (κ2) is 11.3. The monoisotopic (exact) mass is 520 g/mol. The maximum absolute atomic E-state index is 14.7. The van der Waals surface area contributed by atoms with Crippen LogP contribution in [0.4, 0.5) is 25.0 Å². The zero-order valence-electron chi connectivity index (χ0n) is 21.2. The van der Waals surface area contributed by atoms with E-state index in [0.29, 0.717) is 25.1 Å². The second-order valence-electron chi connectivity index (χ2n) is 10.3. The number of nitrogens with zero attached hydrogens (tertiary/aromatic N) is 2. The first-order valence-corrected chi connectivity index (χ1v) is 13.1. The number of benzene rings is 3. The van der Waals surface area contributed by atoms with Gasteiger partial charge >= 0.3 is 6.09 Å². The summed E-state index contributed by atoms with van der Waals surface area (Å²) in [6, 6.07) is 21.2. The number of nitrogens with one attached hydrogen (secondary N) is 1. The molecule has 3 aromatic rings. The highest BCUT2D eigenvalue weighted by atomic mass is 19.1. The Balaban J connectivity index is 1.26. The van der Waals surface area contributed by atoms with Gasteiger partial charge in [0.2, 0.25) is 5.91 Å². The van der Waals surface area contributed by atoms with Crippen LogP contribution in [0, 0.1) is 17.6 Å². The number of piperidine rings is 3. The third-order valence-electron chi connectivity index (χ3n) is 7.78. The van der Waals surface area contributed by atoms with Crippen LogP contribution in [-0.2, 0) is 16.1 Å². The van der Waals surface area contributed by atoms with E-state index in [1.165, 1.54) is 29.2 Å². The molecule has 3 aromatic carbocycles. The summed E-state index contributed by atoms with van der Waals surface area (Å²) >= 11 is 0. The molecule has 1 atom stereocenters. The third-order valence-corrected chi connectivity index (χ3v) is 7.78. The highest BCUT2D eigenvalue weighted by Gasteiger charge is 2.48. The lowest BCUT2D eigenvalue weighted by Gasteiger charge is -2.52. The van der Waals surface area contributed by atoms with E-state index in [1.54, 1.807) is 24.3 Å². The maximum Gasteiger partial charge on any atom is 0.415 e. The molecule has 8 heteroatoms. The lowest BCUT2D eigenvalue weighted by Crippen LogP contribution is -2.65. The molecule has 3 fully saturated rings. The van der Waals surface area contributed by atoms with Gasteiger partial charge in [0.05, 0.1) is 38.3 Å². The van der Waals surface area contributed by atoms with Crippen LogP contribution in [0.3, 0.4) is 0 Å². The van der Waals surface area contributed by atoms with Gasteiger partial charge in [0, 0.05) is 24.4 Å². The summed E-state index contributed by atoms with van der Waals surface area (Å²) in [5, 5.41) is 2.94.